The number of hydroxylamine groups is 2. The third-order valence-electron chi connectivity index (χ3n) is 6.25. The summed E-state index contributed by atoms with van der Waals surface area (Å²) in [6.07, 6.45) is 7.56. The smallest absolute Gasteiger partial charge is 0.224 e. The number of carbonyl (C=O) groups is 1. The van der Waals surface area contributed by atoms with Gasteiger partial charge in [0.15, 0.2) is 0 Å². The number of likely N-dealkylation sites (tertiary alicyclic amines) is 1. The average Bonchev–Trinajstić information content (AvgIpc) is 3.25. The summed E-state index contributed by atoms with van der Waals surface area (Å²) in [6, 6.07) is 0. The third-order valence-corrected chi connectivity index (χ3v) is 6.25. The second-order valence-electron chi connectivity index (χ2n) is 8.43. The standard InChI is InChI=1S/C21H39N3O4/c1-26-16-13-22-10-6-19(7-11-22)17-23(18-20-5-4-14-27-20)21(25)8-12-24-9-2-3-15-28-24/h19-20H,2-18H2,1H3. The maximum absolute atomic E-state index is 13.0. The van der Waals surface area contributed by atoms with Crippen molar-refractivity contribution in [1.82, 2.24) is 14.9 Å². The molecule has 0 aromatic carbocycles. The topological polar surface area (TPSA) is 54.5 Å². The van der Waals surface area contributed by atoms with Gasteiger partial charge in [-0.25, -0.2) is 0 Å². The Bertz CT molecular complexity index is 445. The van der Waals surface area contributed by atoms with Gasteiger partial charge in [-0.05, 0) is 57.5 Å². The van der Waals surface area contributed by atoms with E-state index in [1.54, 1.807) is 7.11 Å². The maximum Gasteiger partial charge on any atom is 0.224 e. The molecule has 3 aliphatic heterocycles. The maximum atomic E-state index is 13.0. The molecule has 0 bridgehead atoms. The van der Waals surface area contributed by atoms with Crippen LogP contribution in [0.15, 0.2) is 0 Å². The number of piperidine rings is 1. The Morgan fingerprint density at radius 3 is 2.57 bits per heavy atom. The fourth-order valence-electron chi connectivity index (χ4n) is 4.44. The Morgan fingerprint density at radius 1 is 1.04 bits per heavy atom. The van der Waals surface area contributed by atoms with Crippen LogP contribution in [0.2, 0.25) is 0 Å². The number of carbonyl (C=O) groups excluding carboxylic acids is 1. The Labute approximate surface area is 170 Å². The van der Waals surface area contributed by atoms with Crippen molar-refractivity contribution in [2.45, 2.75) is 51.0 Å². The minimum atomic E-state index is 0.219. The first-order chi connectivity index (χ1) is 13.7. The first-order valence-electron chi connectivity index (χ1n) is 11.2. The van der Waals surface area contributed by atoms with E-state index < -0.39 is 0 Å². The molecule has 1 amide bonds. The lowest BCUT2D eigenvalue weighted by molar-refractivity contribution is -0.182. The molecule has 0 aromatic rings. The van der Waals surface area contributed by atoms with E-state index in [9.17, 15) is 4.79 Å². The van der Waals surface area contributed by atoms with Crippen molar-refractivity contribution in [2.75, 3.05) is 72.7 Å². The lowest BCUT2D eigenvalue weighted by Gasteiger charge is -2.36. The van der Waals surface area contributed by atoms with Crippen molar-refractivity contribution in [2.24, 2.45) is 5.92 Å². The Hall–Kier alpha value is -0.730. The van der Waals surface area contributed by atoms with E-state index in [4.69, 9.17) is 14.3 Å². The number of methoxy groups -OCH3 is 1. The molecule has 0 saturated carbocycles. The molecule has 0 N–H and O–H groups in total. The molecule has 1 atom stereocenters. The van der Waals surface area contributed by atoms with Gasteiger partial charge in [0.05, 0.1) is 19.3 Å². The second kappa shape index (κ2) is 12.1. The molecule has 3 aliphatic rings. The number of rotatable bonds is 10. The predicted molar refractivity (Wildman–Crippen MR) is 108 cm³/mol. The predicted octanol–water partition coefficient (Wildman–Crippen LogP) is 1.77. The van der Waals surface area contributed by atoms with Gasteiger partial charge in [-0.3, -0.25) is 9.63 Å². The monoisotopic (exact) mass is 397 g/mol. The van der Waals surface area contributed by atoms with Gasteiger partial charge in [-0.1, -0.05) is 0 Å². The summed E-state index contributed by atoms with van der Waals surface area (Å²) in [5.74, 6) is 0.849. The van der Waals surface area contributed by atoms with E-state index in [2.05, 4.69) is 9.80 Å². The van der Waals surface area contributed by atoms with Gasteiger partial charge in [-0.15, -0.1) is 0 Å². The van der Waals surface area contributed by atoms with Gasteiger partial charge in [0.2, 0.25) is 5.91 Å². The van der Waals surface area contributed by atoms with Crippen molar-refractivity contribution in [3.05, 3.63) is 0 Å². The highest BCUT2D eigenvalue weighted by Crippen LogP contribution is 2.21. The molecule has 0 aromatic heterocycles. The van der Waals surface area contributed by atoms with Crippen LogP contribution in [0.5, 0.6) is 0 Å². The van der Waals surface area contributed by atoms with Crippen LogP contribution in [0.3, 0.4) is 0 Å². The van der Waals surface area contributed by atoms with Crippen LogP contribution in [0.1, 0.15) is 44.9 Å². The Kier molecular flexibility index (Phi) is 9.47. The zero-order valence-electron chi connectivity index (χ0n) is 17.7. The van der Waals surface area contributed by atoms with E-state index >= 15 is 0 Å². The zero-order chi connectivity index (χ0) is 19.6. The number of hydrogen-bond donors (Lipinski definition) is 0. The molecule has 7 nitrogen and oxygen atoms in total. The van der Waals surface area contributed by atoms with Gasteiger partial charge in [-0.2, -0.15) is 5.06 Å². The fraction of sp³-hybridized carbons (Fsp3) is 0.952. The molecule has 3 heterocycles. The minimum Gasteiger partial charge on any atom is -0.383 e. The van der Waals surface area contributed by atoms with Crippen LogP contribution in [-0.2, 0) is 19.1 Å². The van der Waals surface area contributed by atoms with Crippen LogP contribution < -0.4 is 0 Å². The number of ether oxygens (including phenoxy) is 2. The van der Waals surface area contributed by atoms with Gasteiger partial charge in [0.25, 0.3) is 0 Å². The summed E-state index contributed by atoms with van der Waals surface area (Å²) in [6.45, 7) is 8.93. The summed E-state index contributed by atoms with van der Waals surface area (Å²) in [5, 5.41) is 1.97. The zero-order valence-corrected chi connectivity index (χ0v) is 17.7. The SMILES string of the molecule is COCCN1CCC(CN(CC2CCCO2)C(=O)CCN2CCCCO2)CC1. The summed E-state index contributed by atoms with van der Waals surface area (Å²) in [4.78, 5) is 23.2. The van der Waals surface area contributed by atoms with Gasteiger partial charge < -0.3 is 19.3 Å². The lowest BCUT2D eigenvalue weighted by atomic mass is 9.95. The highest BCUT2D eigenvalue weighted by atomic mass is 16.7. The van der Waals surface area contributed by atoms with Crippen molar-refractivity contribution >= 4 is 5.91 Å². The Balaban J connectivity index is 1.46. The molecule has 162 valence electrons. The molecule has 3 fully saturated rings. The van der Waals surface area contributed by atoms with Crippen molar-refractivity contribution in [3.8, 4) is 0 Å². The van der Waals surface area contributed by atoms with Crippen LogP contribution in [0.4, 0.5) is 0 Å². The molecule has 0 aliphatic carbocycles. The molecule has 28 heavy (non-hydrogen) atoms. The molecule has 1 unspecified atom stereocenters. The lowest BCUT2D eigenvalue weighted by Crippen LogP contribution is -2.45. The van der Waals surface area contributed by atoms with E-state index in [-0.39, 0.29) is 12.0 Å². The van der Waals surface area contributed by atoms with Crippen molar-refractivity contribution < 1.29 is 19.1 Å². The number of nitrogens with zero attached hydrogens (tertiary/aromatic N) is 3. The van der Waals surface area contributed by atoms with Crippen LogP contribution in [-0.4, -0.2) is 99.6 Å². The van der Waals surface area contributed by atoms with Gasteiger partial charge in [0.1, 0.15) is 0 Å². The highest BCUT2D eigenvalue weighted by molar-refractivity contribution is 5.76. The van der Waals surface area contributed by atoms with E-state index in [0.717, 1.165) is 97.6 Å². The van der Waals surface area contributed by atoms with Crippen LogP contribution in [0, 0.1) is 5.92 Å². The first kappa shape index (κ1) is 22.0. The first-order valence-corrected chi connectivity index (χ1v) is 11.2. The minimum absolute atomic E-state index is 0.219. The third kappa shape index (κ3) is 7.26. The molecule has 3 rings (SSSR count). The highest BCUT2D eigenvalue weighted by Gasteiger charge is 2.27. The quantitative estimate of drug-likeness (QED) is 0.560. The molecule has 7 heteroatoms. The van der Waals surface area contributed by atoms with E-state index in [1.165, 1.54) is 0 Å². The summed E-state index contributed by atoms with van der Waals surface area (Å²) >= 11 is 0. The van der Waals surface area contributed by atoms with Gasteiger partial charge >= 0.3 is 0 Å². The Morgan fingerprint density at radius 2 is 1.89 bits per heavy atom. The summed E-state index contributed by atoms with van der Waals surface area (Å²) in [5.41, 5.74) is 0. The largest absolute Gasteiger partial charge is 0.383 e. The van der Waals surface area contributed by atoms with E-state index in [1.807, 2.05) is 5.06 Å². The van der Waals surface area contributed by atoms with Gasteiger partial charge in [0, 0.05) is 52.9 Å². The molecule has 0 spiro atoms. The number of hydrogen-bond acceptors (Lipinski definition) is 6. The van der Waals surface area contributed by atoms with E-state index in [0.29, 0.717) is 18.9 Å². The molecule has 3 saturated heterocycles. The second-order valence-corrected chi connectivity index (χ2v) is 8.43. The molecular weight excluding hydrogens is 358 g/mol. The summed E-state index contributed by atoms with van der Waals surface area (Å²) in [7, 11) is 1.76. The van der Waals surface area contributed by atoms with Crippen molar-refractivity contribution in [1.29, 1.82) is 0 Å². The summed E-state index contributed by atoms with van der Waals surface area (Å²) < 4.78 is 11.0. The number of amides is 1. The molecular formula is C21H39N3O4. The fourth-order valence-corrected chi connectivity index (χ4v) is 4.44. The van der Waals surface area contributed by atoms with Crippen LogP contribution in [0.25, 0.3) is 0 Å². The average molecular weight is 398 g/mol. The normalized spacial score (nSPS) is 25.2. The van der Waals surface area contributed by atoms with Crippen molar-refractivity contribution in [3.63, 3.8) is 0 Å². The molecule has 0 radical (unpaired) electrons. The van der Waals surface area contributed by atoms with Crippen LogP contribution >= 0.6 is 0 Å².